The quantitative estimate of drug-likeness (QED) is 0.905. The Kier molecular flexibility index (Phi) is 5.50. The largest absolute Gasteiger partial charge is 0.353 e. The number of hydrogen-bond acceptors (Lipinski definition) is 4. The summed E-state index contributed by atoms with van der Waals surface area (Å²) >= 11 is 1.80. The van der Waals surface area contributed by atoms with Crippen LogP contribution in [0.2, 0.25) is 0 Å². The zero-order valence-corrected chi connectivity index (χ0v) is 14.3. The van der Waals surface area contributed by atoms with Gasteiger partial charge in [0.05, 0.1) is 12.1 Å². The number of nitrogens with one attached hydrogen (secondary N) is 1. The fourth-order valence-corrected chi connectivity index (χ4v) is 4.53. The SMILES string of the molecule is CN1CCCC[C@@H]1C(=O)NC[C@@H](c1cccs1)N1CCCC1. The average molecular weight is 321 g/mol. The number of nitrogens with zero attached hydrogens (tertiary/aromatic N) is 2. The Morgan fingerprint density at radius 2 is 2.09 bits per heavy atom. The van der Waals surface area contributed by atoms with E-state index in [0.717, 1.165) is 32.6 Å². The molecular formula is C17H27N3OS. The van der Waals surface area contributed by atoms with E-state index >= 15 is 0 Å². The number of rotatable bonds is 5. The van der Waals surface area contributed by atoms with Crippen molar-refractivity contribution in [1.29, 1.82) is 0 Å². The molecule has 1 aromatic heterocycles. The highest BCUT2D eigenvalue weighted by Gasteiger charge is 2.28. The summed E-state index contributed by atoms with van der Waals surface area (Å²) in [5.74, 6) is 0.211. The molecule has 22 heavy (non-hydrogen) atoms. The first-order valence-electron chi connectivity index (χ1n) is 8.51. The Labute approximate surface area is 137 Å². The molecule has 2 atom stereocenters. The first kappa shape index (κ1) is 16.0. The Morgan fingerprint density at radius 3 is 2.77 bits per heavy atom. The number of likely N-dealkylation sites (N-methyl/N-ethyl adjacent to an activating group) is 1. The average Bonchev–Trinajstić information content (AvgIpc) is 3.21. The third kappa shape index (κ3) is 3.70. The number of thiophene rings is 1. The highest BCUT2D eigenvalue weighted by molar-refractivity contribution is 7.10. The van der Waals surface area contributed by atoms with Crippen LogP contribution in [0.15, 0.2) is 17.5 Å². The van der Waals surface area contributed by atoms with E-state index in [2.05, 4.69) is 39.7 Å². The van der Waals surface area contributed by atoms with Crippen molar-refractivity contribution in [1.82, 2.24) is 15.1 Å². The lowest BCUT2D eigenvalue weighted by Gasteiger charge is -2.32. The number of carbonyl (C=O) groups is 1. The minimum atomic E-state index is 0.0660. The minimum absolute atomic E-state index is 0.0660. The topological polar surface area (TPSA) is 35.6 Å². The van der Waals surface area contributed by atoms with Gasteiger partial charge in [0.1, 0.15) is 0 Å². The van der Waals surface area contributed by atoms with Crippen molar-refractivity contribution < 1.29 is 4.79 Å². The monoisotopic (exact) mass is 321 g/mol. The van der Waals surface area contributed by atoms with E-state index in [-0.39, 0.29) is 11.9 Å². The smallest absolute Gasteiger partial charge is 0.237 e. The molecule has 5 heteroatoms. The molecule has 0 aliphatic carbocycles. The number of likely N-dealkylation sites (tertiary alicyclic amines) is 2. The van der Waals surface area contributed by atoms with Gasteiger partial charge < -0.3 is 5.32 Å². The molecular weight excluding hydrogens is 294 g/mol. The minimum Gasteiger partial charge on any atom is -0.353 e. The molecule has 122 valence electrons. The molecule has 2 fully saturated rings. The van der Waals surface area contributed by atoms with Crippen molar-refractivity contribution in [3.8, 4) is 0 Å². The molecule has 1 amide bonds. The second kappa shape index (κ2) is 7.57. The summed E-state index contributed by atoms with van der Waals surface area (Å²) in [5, 5.41) is 5.37. The lowest BCUT2D eigenvalue weighted by atomic mass is 10.0. The normalized spacial score (nSPS) is 25.2. The van der Waals surface area contributed by atoms with Crippen molar-refractivity contribution in [2.45, 2.75) is 44.2 Å². The summed E-state index contributed by atoms with van der Waals surface area (Å²) in [5.41, 5.74) is 0. The third-order valence-electron chi connectivity index (χ3n) is 5.00. The molecule has 2 aliphatic heterocycles. The molecule has 2 saturated heterocycles. The van der Waals surface area contributed by atoms with Crippen molar-refractivity contribution in [2.75, 3.05) is 33.2 Å². The molecule has 2 aliphatic rings. The third-order valence-corrected chi connectivity index (χ3v) is 5.97. The number of piperidine rings is 1. The summed E-state index contributed by atoms with van der Waals surface area (Å²) in [6.07, 6.45) is 5.94. The van der Waals surface area contributed by atoms with E-state index in [0.29, 0.717) is 6.04 Å². The Bertz CT molecular complexity index is 470. The Morgan fingerprint density at radius 1 is 1.32 bits per heavy atom. The molecule has 0 radical (unpaired) electrons. The van der Waals surface area contributed by atoms with Crippen molar-refractivity contribution in [3.05, 3.63) is 22.4 Å². The molecule has 0 spiro atoms. The van der Waals surface area contributed by atoms with E-state index < -0.39 is 0 Å². The van der Waals surface area contributed by atoms with Crippen LogP contribution in [0.25, 0.3) is 0 Å². The highest BCUT2D eigenvalue weighted by Crippen LogP contribution is 2.28. The van der Waals surface area contributed by atoms with Gasteiger partial charge in [-0.1, -0.05) is 12.5 Å². The standard InChI is InChI=1S/C17H27N3OS/c1-19-9-3-2-7-14(19)17(21)18-13-15(16-8-6-12-22-16)20-10-4-5-11-20/h6,8,12,14-15H,2-5,7,9-11,13H2,1H3,(H,18,21)/t14-,15+/m1/s1. The van der Waals surface area contributed by atoms with Crippen LogP contribution >= 0.6 is 11.3 Å². The fourth-order valence-electron chi connectivity index (χ4n) is 3.67. The van der Waals surface area contributed by atoms with Crippen molar-refractivity contribution in [3.63, 3.8) is 0 Å². The van der Waals surface area contributed by atoms with Crippen LogP contribution in [-0.2, 0) is 4.79 Å². The van der Waals surface area contributed by atoms with Gasteiger partial charge in [0.15, 0.2) is 0 Å². The van der Waals surface area contributed by atoms with Crippen molar-refractivity contribution in [2.24, 2.45) is 0 Å². The zero-order chi connectivity index (χ0) is 15.4. The lowest BCUT2D eigenvalue weighted by Crippen LogP contribution is -2.49. The molecule has 4 nitrogen and oxygen atoms in total. The van der Waals surface area contributed by atoms with Gasteiger partial charge >= 0.3 is 0 Å². The summed E-state index contributed by atoms with van der Waals surface area (Å²) in [4.78, 5) is 18.6. The first-order valence-corrected chi connectivity index (χ1v) is 9.39. The molecule has 0 aromatic carbocycles. The van der Waals surface area contributed by atoms with Crippen LogP contribution in [0.3, 0.4) is 0 Å². The summed E-state index contributed by atoms with van der Waals surface area (Å²) in [6, 6.07) is 4.73. The van der Waals surface area contributed by atoms with Crippen LogP contribution in [-0.4, -0.2) is 55.0 Å². The Hall–Kier alpha value is -0.910. The predicted octanol–water partition coefficient (Wildman–Crippen LogP) is 2.49. The van der Waals surface area contributed by atoms with Crippen LogP contribution in [0.5, 0.6) is 0 Å². The molecule has 1 N–H and O–H groups in total. The Balaban J connectivity index is 1.60. The van der Waals surface area contributed by atoms with Crippen LogP contribution in [0.4, 0.5) is 0 Å². The van der Waals surface area contributed by atoms with Crippen LogP contribution in [0.1, 0.15) is 43.0 Å². The molecule has 3 heterocycles. The van der Waals surface area contributed by atoms with E-state index in [9.17, 15) is 4.79 Å². The number of amides is 1. The fraction of sp³-hybridized carbons (Fsp3) is 0.706. The van der Waals surface area contributed by atoms with E-state index in [1.165, 1.54) is 30.6 Å². The molecule has 0 bridgehead atoms. The summed E-state index contributed by atoms with van der Waals surface area (Å²) in [6.45, 7) is 4.09. The van der Waals surface area contributed by atoms with Crippen LogP contribution in [0, 0.1) is 0 Å². The number of carbonyl (C=O) groups excluding carboxylic acids is 1. The van der Waals surface area contributed by atoms with Gasteiger partial charge in [-0.3, -0.25) is 14.6 Å². The van der Waals surface area contributed by atoms with Crippen molar-refractivity contribution >= 4 is 17.2 Å². The molecule has 0 unspecified atom stereocenters. The maximum Gasteiger partial charge on any atom is 0.237 e. The maximum absolute atomic E-state index is 12.5. The predicted molar refractivity (Wildman–Crippen MR) is 91.1 cm³/mol. The molecule has 3 rings (SSSR count). The van der Waals surface area contributed by atoms with Gasteiger partial charge in [-0.05, 0) is 63.8 Å². The van der Waals surface area contributed by atoms with E-state index in [1.807, 2.05) is 0 Å². The van der Waals surface area contributed by atoms with Crippen LogP contribution < -0.4 is 5.32 Å². The van der Waals surface area contributed by atoms with Gasteiger partial charge in [-0.2, -0.15) is 0 Å². The molecule has 0 saturated carbocycles. The second-order valence-corrected chi connectivity index (χ2v) is 7.49. The highest BCUT2D eigenvalue weighted by atomic mass is 32.1. The van der Waals surface area contributed by atoms with Gasteiger partial charge in [-0.25, -0.2) is 0 Å². The number of hydrogen-bond donors (Lipinski definition) is 1. The van der Waals surface area contributed by atoms with Gasteiger partial charge in [0.2, 0.25) is 5.91 Å². The van der Waals surface area contributed by atoms with E-state index in [4.69, 9.17) is 0 Å². The molecule has 1 aromatic rings. The first-order chi connectivity index (χ1) is 10.8. The maximum atomic E-state index is 12.5. The lowest BCUT2D eigenvalue weighted by molar-refractivity contribution is -0.127. The second-order valence-electron chi connectivity index (χ2n) is 6.51. The van der Waals surface area contributed by atoms with E-state index in [1.54, 1.807) is 11.3 Å². The zero-order valence-electron chi connectivity index (χ0n) is 13.5. The van der Waals surface area contributed by atoms with Gasteiger partial charge in [-0.15, -0.1) is 11.3 Å². The summed E-state index contributed by atoms with van der Waals surface area (Å²) in [7, 11) is 2.07. The van der Waals surface area contributed by atoms with Gasteiger partial charge in [0.25, 0.3) is 0 Å². The van der Waals surface area contributed by atoms with Gasteiger partial charge in [0, 0.05) is 11.4 Å². The summed E-state index contributed by atoms with van der Waals surface area (Å²) < 4.78 is 0.